The molecule has 2 aromatic rings. The van der Waals surface area contributed by atoms with Crippen LogP contribution < -0.4 is 10.2 Å². The van der Waals surface area contributed by atoms with Gasteiger partial charge in [0.2, 0.25) is 0 Å². The van der Waals surface area contributed by atoms with Gasteiger partial charge in [0.05, 0.1) is 14.4 Å². The Bertz CT molecular complexity index is 645. The highest BCUT2D eigenvalue weighted by atomic mass is 79.9. The molecule has 0 saturated carbocycles. The molecular weight excluding hydrogens is 350 g/mol. The van der Waals surface area contributed by atoms with Gasteiger partial charge in [0.1, 0.15) is 0 Å². The van der Waals surface area contributed by atoms with Crippen LogP contribution in [0.1, 0.15) is 28.1 Å². The molecule has 1 saturated heterocycles. The van der Waals surface area contributed by atoms with Crippen LogP contribution in [0.2, 0.25) is 0 Å². The third-order valence-electron chi connectivity index (χ3n) is 3.52. The minimum Gasteiger partial charge on any atom is -0.355 e. The Hall–Kier alpha value is -1.40. The summed E-state index contributed by atoms with van der Waals surface area (Å²) in [5, 5.41) is 2.99. The standard InChI is InChI=1S/C15H16BrN3OS/c1-10-9-12(21-13(10)16)15(20)18-11-5-4-6-17-14(11)19-7-2-3-8-19/h4-6,9H,2-3,7-8H2,1H3,(H,18,20). The molecule has 1 aliphatic heterocycles. The van der Waals surface area contributed by atoms with Crippen LogP contribution in [0.3, 0.4) is 0 Å². The van der Waals surface area contributed by atoms with E-state index >= 15 is 0 Å². The summed E-state index contributed by atoms with van der Waals surface area (Å²) >= 11 is 4.91. The van der Waals surface area contributed by atoms with Gasteiger partial charge in [0.15, 0.2) is 5.82 Å². The van der Waals surface area contributed by atoms with E-state index in [2.05, 4.69) is 31.1 Å². The lowest BCUT2D eigenvalue weighted by Gasteiger charge is -2.19. The lowest BCUT2D eigenvalue weighted by molar-refractivity contribution is 0.103. The Kier molecular flexibility index (Phi) is 4.26. The zero-order chi connectivity index (χ0) is 14.8. The number of hydrogen-bond donors (Lipinski definition) is 1. The average Bonchev–Trinajstić information content (AvgIpc) is 3.10. The monoisotopic (exact) mass is 365 g/mol. The highest BCUT2D eigenvalue weighted by Crippen LogP contribution is 2.30. The van der Waals surface area contributed by atoms with E-state index in [9.17, 15) is 4.79 Å². The van der Waals surface area contributed by atoms with E-state index in [1.165, 1.54) is 24.2 Å². The van der Waals surface area contributed by atoms with Crippen molar-refractivity contribution in [1.29, 1.82) is 0 Å². The maximum Gasteiger partial charge on any atom is 0.265 e. The van der Waals surface area contributed by atoms with Gasteiger partial charge >= 0.3 is 0 Å². The third-order valence-corrected chi connectivity index (χ3v) is 5.66. The maximum atomic E-state index is 12.4. The minimum absolute atomic E-state index is 0.0813. The van der Waals surface area contributed by atoms with Gasteiger partial charge in [-0.3, -0.25) is 4.79 Å². The average molecular weight is 366 g/mol. The highest BCUT2D eigenvalue weighted by Gasteiger charge is 2.19. The summed E-state index contributed by atoms with van der Waals surface area (Å²) in [4.78, 5) is 19.7. The van der Waals surface area contributed by atoms with Crippen molar-refractivity contribution in [2.75, 3.05) is 23.3 Å². The molecule has 21 heavy (non-hydrogen) atoms. The quantitative estimate of drug-likeness (QED) is 0.891. The molecule has 0 radical (unpaired) electrons. The van der Waals surface area contributed by atoms with Crippen LogP contribution in [0.4, 0.5) is 11.5 Å². The number of thiophene rings is 1. The lowest BCUT2D eigenvalue weighted by atomic mass is 10.3. The fourth-order valence-electron chi connectivity index (χ4n) is 2.43. The SMILES string of the molecule is Cc1cc(C(=O)Nc2cccnc2N2CCCC2)sc1Br. The molecule has 0 aliphatic carbocycles. The van der Waals surface area contributed by atoms with Crippen LogP contribution in [0.15, 0.2) is 28.2 Å². The van der Waals surface area contributed by atoms with Gasteiger partial charge in [-0.05, 0) is 59.5 Å². The van der Waals surface area contributed by atoms with E-state index in [0.717, 1.165) is 33.9 Å². The summed E-state index contributed by atoms with van der Waals surface area (Å²) in [5.41, 5.74) is 1.86. The molecule has 1 N–H and O–H groups in total. The van der Waals surface area contributed by atoms with Crippen molar-refractivity contribution < 1.29 is 4.79 Å². The second-order valence-corrected chi connectivity index (χ2v) is 7.46. The first-order valence-electron chi connectivity index (χ1n) is 6.92. The van der Waals surface area contributed by atoms with Crippen LogP contribution in [0, 0.1) is 6.92 Å². The molecule has 0 aromatic carbocycles. The Morgan fingerprint density at radius 1 is 1.43 bits per heavy atom. The second-order valence-electron chi connectivity index (χ2n) is 5.09. The van der Waals surface area contributed by atoms with Crippen molar-refractivity contribution in [1.82, 2.24) is 4.98 Å². The van der Waals surface area contributed by atoms with Crippen molar-refractivity contribution in [3.63, 3.8) is 0 Å². The lowest BCUT2D eigenvalue weighted by Crippen LogP contribution is -2.22. The summed E-state index contributed by atoms with van der Waals surface area (Å²) in [7, 11) is 0. The molecule has 0 spiro atoms. The summed E-state index contributed by atoms with van der Waals surface area (Å²) < 4.78 is 0.999. The van der Waals surface area contributed by atoms with Crippen molar-refractivity contribution in [2.45, 2.75) is 19.8 Å². The van der Waals surface area contributed by atoms with Crippen LogP contribution >= 0.6 is 27.3 Å². The molecule has 110 valence electrons. The molecule has 6 heteroatoms. The first-order valence-corrected chi connectivity index (χ1v) is 8.53. The number of aromatic nitrogens is 1. The van der Waals surface area contributed by atoms with E-state index in [4.69, 9.17) is 0 Å². The topological polar surface area (TPSA) is 45.2 Å². The Morgan fingerprint density at radius 2 is 2.19 bits per heavy atom. The number of pyridine rings is 1. The maximum absolute atomic E-state index is 12.4. The van der Waals surface area contributed by atoms with Crippen molar-refractivity contribution in [3.8, 4) is 0 Å². The normalized spacial score (nSPS) is 14.5. The number of halogens is 1. The molecule has 4 nitrogen and oxygen atoms in total. The van der Waals surface area contributed by atoms with Gasteiger partial charge in [0, 0.05) is 19.3 Å². The van der Waals surface area contributed by atoms with Gasteiger partial charge in [-0.2, -0.15) is 0 Å². The molecule has 1 aliphatic rings. The number of amides is 1. The summed E-state index contributed by atoms with van der Waals surface area (Å²) in [6, 6.07) is 5.66. The van der Waals surface area contributed by atoms with Gasteiger partial charge < -0.3 is 10.2 Å². The second kappa shape index (κ2) is 6.15. The van der Waals surface area contributed by atoms with E-state index in [1.807, 2.05) is 25.1 Å². The number of rotatable bonds is 3. The van der Waals surface area contributed by atoms with Crippen molar-refractivity contribution in [2.24, 2.45) is 0 Å². The first-order chi connectivity index (χ1) is 10.1. The van der Waals surface area contributed by atoms with Crippen LogP contribution in [-0.4, -0.2) is 24.0 Å². The van der Waals surface area contributed by atoms with E-state index in [-0.39, 0.29) is 5.91 Å². The molecule has 0 bridgehead atoms. The number of carbonyl (C=O) groups is 1. The summed E-state index contributed by atoms with van der Waals surface area (Å²) in [6.45, 7) is 3.99. The van der Waals surface area contributed by atoms with Gasteiger partial charge in [-0.25, -0.2) is 4.98 Å². The zero-order valence-electron chi connectivity index (χ0n) is 11.7. The smallest absolute Gasteiger partial charge is 0.265 e. The fraction of sp³-hybridized carbons (Fsp3) is 0.333. The molecule has 3 rings (SSSR count). The van der Waals surface area contributed by atoms with Crippen LogP contribution in [0.5, 0.6) is 0 Å². The Labute approximate surface area is 136 Å². The van der Waals surface area contributed by atoms with E-state index in [1.54, 1.807) is 6.20 Å². The predicted octanol–water partition coefficient (Wildman–Crippen LogP) is 4.07. The number of hydrogen-bond acceptors (Lipinski definition) is 4. The molecular formula is C15H16BrN3OS. The van der Waals surface area contributed by atoms with Crippen LogP contribution in [-0.2, 0) is 0 Å². The zero-order valence-corrected chi connectivity index (χ0v) is 14.1. The number of nitrogens with one attached hydrogen (secondary N) is 1. The van der Waals surface area contributed by atoms with Gasteiger partial charge in [-0.1, -0.05) is 0 Å². The van der Waals surface area contributed by atoms with Crippen molar-refractivity contribution >= 4 is 44.7 Å². The molecule has 1 amide bonds. The molecule has 2 aromatic heterocycles. The third kappa shape index (κ3) is 3.11. The number of aryl methyl sites for hydroxylation is 1. The molecule has 1 fully saturated rings. The van der Waals surface area contributed by atoms with Crippen LogP contribution in [0.25, 0.3) is 0 Å². The first kappa shape index (κ1) is 14.5. The minimum atomic E-state index is -0.0813. The Morgan fingerprint density at radius 3 is 2.86 bits per heavy atom. The number of nitrogens with zero attached hydrogens (tertiary/aromatic N) is 2. The van der Waals surface area contributed by atoms with E-state index < -0.39 is 0 Å². The highest BCUT2D eigenvalue weighted by molar-refractivity contribution is 9.11. The molecule has 0 atom stereocenters. The predicted molar refractivity (Wildman–Crippen MR) is 90.4 cm³/mol. The number of carbonyl (C=O) groups excluding carboxylic acids is 1. The largest absolute Gasteiger partial charge is 0.355 e. The molecule has 0 unspecified atom stereocenters. The van der Waals surface area contributed by atoms with Gasteiger partial charge in [-0.15, -0.1) is 11.3 Å². The van der Waals surface area contributed by atoms with Gasteiger partial charge in [0.25, 0.3) is 5.91 Å². The fourth-order valence-corrected chi connectivity index (χ4v) is 3.86. The van der Waals surface area contributed by atoms with Crippen molar-refractivity contribution in [3.05, 3.63) is 38.6 Å². The van der Waals surface area contributed by atoms with E-state index in [0.29, 0.717) is 4.88 Å². The summed E-state index contributed by atoms with van der Waals surface area (Å²) in [5.74, 6) is 0.790. The molecule has 3 heterocycles. The number of anilines is 2. The Balaban J connectivity index is 1.82. The summed E-state index contributed by atoms with van der Waals surface area (Å²) in [6.07, 6.45) is 4.14.